The predicted octanol–water partition coefficient (Wildman–Crippen LogP) is 5.77. The molecule has 0 aliphatic heterocycles. The molecule has 2 aromatic heterocycles. The Morgan fingerprint density at radius 2 is 1.63 bits per heavy atom. The summed E-state index contributed by atoms with van der Waals surface area (Å²) in [6.45, 7) is 2.44. The lowest BCUT2D eigenvalue weighted by Crippen LogP contribution is -2.28. The number of amides is 1. The number of anilines is 1. The van der Waals surface area contributed by atoms with Gasteiger partial charge in [-0.25, -0.2) is 9.67 Å². The van der Waals surface area contributed by atoms with Gasteiger partial charge in [0.15, 0.2) is 10.8 Å². The number of nitrogens with one attached hydrogen (secondary N) is 1. The largest absolute Gasteiger partial charge is 0.296 e. The Morgan fingerprint density at radius 3 is 2.37 bits per heavy atom. The standard InChI is InChI=1S/C28H24N4O2S/c1-2-8-19-13-15-21(16-14-19)24-18-35-28(29-24)30-26(33)25-22-11-6-7-12-23(22)27(34)32(31-25)17-20-9-4-3-5-10-20/h3-7,9-16,18H,2,8,17H2,1H3,(H,29,30,33). The number of aryl methyl sites for hydroxylation is 1. The molecule has 0 saturated carbocycles. The van der Waals surface area contributed by atoms with Crippen molar-refractivity contribution in [3.05, 3.63) is 111 Å². The molecule has 0 bridgehead atoms. The van der Waals surface area contributed by atoms with Crippen LogP contribution in [0.4, 0.5) is 5.13 Å². The van der Waals surface area contributed by atoms with Crippen LogP contribution in [0, 0.1) is 0 Å². The summed E-state index contributed by atoms with van der Waals surface area (Å²) in [7, 11) is 0. The first-order chi connectivity index (χ1) is 17.1. The molecule has 0 unspecified atom stereocenters. The summed E-state index contributed by atoms with van der Waals surface area (Å²) in [6.07, 6.45) is 2.15. The summed E-state index contributed by atoms with van der Waals surface area (Å²) in [5, 5.41) is 10.7. The van der Waals surface area contributed by atoms with E-state index in [0.29, 0.717) is 15.9 Å². The first kappa shape index (κ1) is 22.7. The zero-order valence-electron chi connectivity index (χ0n) is 19.3. The molecule has 35 heavy (non-hydrogen) atoms. The van der Waals surface area contributed by atoms with Crippen LogP contribution in [0.5, 0.6) is 0 Å². The molecule has 0 radical (unpaired) electrons. The van der Waals surface area contributed by atoms with Crippen LogP contribution < -0.4 is 10.9 Å². The number of benzene rings is 3. The minimum atomic E-state index is -0.401. The van der Waals surface area contributed by atoms with Crippen molar-refractivity contribution in [2.75, 3.05) is 5.32 Å². The molecular weight excluding hydrogens is 456 g/mol. The van der Waals surface area contributed by atoms with E-state index in [0.717, 1.165) is 29.7 Å². The zero-order valence-corrected chi connectivity index (χ0v) is 20.1. The number of thiazole rings is 1. The topological polar surface area (TPSA) is 76.9 Å². The van der Waals surface area contributed by atoms with Gasteiger partial charge in [0.25, 0.3) is 11.5 Å². The Bertz CT molecular complexity index is 1540. The molecule has 6 nitrogen and oxygen atoms in total. The third kappa shape index (κ3) is 4.90. The Hall–Kier alpha value is -4.10. The number of hydrogen-bond donors (Lipinski definition) is 1. The molecule has 1 N–H and O–H groups in total. The molecule has 0 saturated heterocycles. The van der Waals surface area contributed by atoms with Crippen LogP contribution >= 0.6 is 11.3 Å². The lowest BCUT2D eigenvalue weighted by molar-refractivity contribution is 0.102. The molecule has 0 spiro atoms. The molecule has 0 aliphatic rings. The van der Waals surface area contributed by atoms with E-state index in [-0.39, 0.29) is 17.8 Å². The van der Waals surface area contributed by atoms with Crippen LogP contribution in [-0.4, -0.2) is 20.7 Å². The van der Waals surface area contributed by atoms with Crippen LogP contribution in [0.1, 0.15) is 35.0 Å². The first-order valence-electron chi connectivity index (χ1n) is 11.5. The number of carbonyl (C=O) groups is 1. The van der Waals surface area contributed by atoms with E-state index in [9.17, 15) is 9.59 Å². The van der Waals surface area contributed by atoms with Gasteiger partial charge in [-0.1, -0.05) is 86.1 Å². The monoisotopic (exact) mass is 480 g/mol. The summed E-state index contributed by atoms with van der Waals surface area (Å²) in [5.74, 6) is -0.401. The third-order valence-corrected chi connectivity index (χ3v) is 6.53. The highest BCUT2D eigenvalue weighted by atomic mass is 32.1. The van der Waals surface area contributed by atoms with E-state index in [1.54, 1.807) is 24.3 Å². The van der Waals surface area contributed by atoms with E-state index < -0.39 is 5.91 Å². The SMILES string of the molecule is CCCc1ccc(-c2csc(NC(=O)c3nn(Cc4ccccc4)c(=O)c4ccccc34)n2)cc1. The maximum Gasteiger partial charge on any atom is 0.278 e. The summed E-state index contributed by atoms with van der Waals surface area (Å²) in [5.41, 5.74) is 3.99. The molecule has 5 rings (SSSR count). The molecule has 2 heterocycles. The van der Waals surface area contributed by atoms with Gasteiger partial charge in [-0.15, -0.1) is 11.3 Å². The van der Waals surface area contributed by atoms with Crippen LogP contribution in [0.2, 0.25) is 0 Å². The van der Waals surface area contributed by atoms with Crippen LogP contribution in [0.3, 0.4) is 0 Å². The van der Waals surface area contributed by atoms with Crippen molar-refractivity contribution in [1.82, 2.24) is 14.8 Å². The fraction of sp³-hybridized carbons (Fsp3) is 0.143. The van der Waals surface area contributed by atoms with Gasteiger partial charge in [0, 0.05) is 16.3 Å². The fourth-order valence-electron chi connectivity index (χ4n) is 4.02. The van der Waals surface area contributed by atoms with Gasteiger partial charge in [0.1, 0.15) is 0 Å². The Kier molecular flexibility index (Phi) is 6.50. The van der Waals surface area contributed by atoms with Gasteiger partial charge in [-0.3, -0.25) is 14.9 Å². The number of rotatable bonds is 7. The van der Waals surface area contributed by atoms with Crippen molar-refractivity contribution in [3.63, 3.8) is 0 Å². The predicted molar refractivity (Wildman–Crippen MR) is 141 cm³/mol. The van der Waals surface area contributed by atoms with Crippen molar-refractivity contribution in [1.29, 1.82) is 0 Å². The normalized spacial score (nSPS) is 11.0. The molecule has 0 atom stereocenters. The number of aromatic nitrogens is 3. The van der Waals surface area contributed by atoms with E-state index in [2.05, 4.69) is 46.6 Å². The van der Waals surface area contributed by atoms with Crippen molar-refractivity contribution < 1.29 is 4.79 Å². The van der Waals surface area contributed by atoms with Crippen molar-refractivity contribution in [2.24, 2.45) is 0 Å². The van der Waals surface area contributed by atoms with Gasteiger partial charge >= 0.3 is 0 Å². The Morgan fingerprint density at radius 1 is 0.914 bits per heavy atom. The van der Waals surface area contributed by atoms with E-state index in [1.807, 2.05) is 35.7 Å². The zero-order chi connectivity index (χ0) is 24.2. The van der Waals surface area contributed by atoms with Crippen molar-refractivity contribution >= 4 is 33.1 Å². The molecule has 1 amide bonds. The molecule has 0 aliphatic carbocycles. The van der Waals surface area contributed by atoms with Gasteiger partial charge in [-0.05, 0) is 23.6 Å². The maximum absolute atomic E-state index is 13.3. The van der Waals surface area contributed by atoms with Crippen molar-refractivity contribution in [2.45, 2.75) is 26.3 Å². The molecule has 0 fully saturated rings. The van der Waals surface area contributed by atoms with Crippen LogP contribution in [0.25, 0.3) is 22.0 Å². The van der Waals surface area contributed by atoms with E-state index in [4.69, 9.17) is 0 Å². The smallest absolute Gasteiger partial charge is 0.278 e. The fourth-order valence-corrected chi connectivity index (χ4v) is 4.73. The number of carbonyl (C=O) groups excluding carboxylic acids is 1. The van der Waals surface area contributed by atoms with Gasteiger partial charge in [-0.2, -0.15) is 5.10 Å². The summed E-state index contributed by atoms with van der Waals surface area (Å²) < 4.78 is 1.34. The average molecular weight is 481 g/mol. The lowest BCUT2D eigenvalue weighted by Gasteiger charge is -2.11. The summed E-state index contributed by atoms with van der Waals surface area (Å²) >= 11 is 1.36. The second kappa shape index (κ2) is 10.0. The highest BCUT2D eigenvalue weighted by Crippen LogP contribution is 2.26. The maximum atomic E-state index is 13.3. The van der Waals surface area contributed by atoms with Crippen LogP contribution in [-0.2, 0) is 13.0 Å². The molecule has 3 aromatic carbocycles. The van der Waals surface area contributed by atoms with Gasteiger partial charge < -0.3 is 0 Å². The highest BCUT2D eigenvalue weighted by Gasteiger charge is 2.18. The minimum absolute atomic E-state index is 0.191. The van der Waals surface area contributed by atoms with Gasteiger partial charge in [0.2, 0.25) is 0 Å². The number of nitrogens with zero attached hydrogens (tertiary/aromatic N) is 3. The third-order valence-electron chi connectivity index (χ3n) is 5.77. The average Bonchev–Trinajstić information content (AvgIpc) is 3.35. The van der Waals surface area contributed by atoms with Crippen LogP contribution in [0.15, 0.2) is 89.0 Å². The summed E-state index contributed by atoms with van der Waals surface area (Å²) in [4.78, 5) is 30.9. The van der Waals surface area contributed by atoms with E-state index >= 15 is 0 Å². The van der Waals surface area contributed by atoms with Crippen molar-refractivity contribution in [3.8, 4) is 11.3 Å². The lowest BCUT2D eigenvalue weighted by atomic mass is 10.1. The minimum Gasteiger partial charge on any atom is -0.296 e. The van der Waals surface area contributed by atoms with Gasteiger partial charge in [0.05, 0.1) is 17.6 Å². The summed E-state index contributed by atoms with van der Waals surface area (Å²) in [6, 6.07) is 25.0. The quantitative estimate of drug-likeness (QED) is 0.321. The number of fused-ring (bicyclic) bond motifs is 1. The highest BCUT2D eigenvalue weighted by molar-refractivity contribution is 7.14. The molecule has 7 heteroatoms. The second-order valence-corrected chi connectivity index (χ2v) is 9.14. The number of hydrogen-bond acceptors (Lipinski definition) is 5. The Labute approximate surface area is 206 Å². The first-order valence-corrected chi connectivity index (χ1v) is 12.4. The molecule has 174 valence electrons. The second-order valence-electron chi connectivity index (χ2n) is 8.28. The Balaban J connectivity index is 1.44. The molecular formula is C28H24N4O2S. The molecule has 5 aromatic rings. The van der Waals surface area contributed by atoms with E-state index in [1.165, 1.54) is 21.6 Å².